The van der Waals surface area contributed by atoms with E-state index in [9.17, 15) is 14.4 Å². The summed E-state index contributed by atoms with van der Waals surface area (Å²) in [5, 5.41) is 2.73. The van der Waals surface area contributed by atoms with E-state index < -0.39 is 11.9 Å². The second-order valence-electron chi connectivity index (χ2n) is 9.99. The molecular formula is C30H32N4O3. The monoisotopic (exact) mass is 496 g/mol. The van der Waals surface area contributed by atoms with Crippen LogP contribution in [0.1, 0.15) is 67.1 Å². The van der Waals surface area contributed by atoms with Crippen molar-refractivity contribution in [3.63, 3.8) is 0 Å². The van der Waals surface area contributed by atoms with Crippen molar-refractivity contribution in [1.82, 2.24) is 19.8 Å². The largest absolute Gasteiger partial charge is 0.299 e. The van der Waals surface area contributed by atoms with Gasteiger partial charge in [-0.3, -0.25) is 29.2 Å². The van der Waals surface area contributed by atoms with Gasteiger partial charge in [0, 0.05) is 24.9 Å². The lowest BCUT2D eigenvalue weighted by atomic mass is 10.0. The Labute approximate surface area is 216 Å². The Morgan fingerprint density at radius 3 is 2.43 bits per heavy atom. The summed E-state index contributed by atoms with van der Waals surface area (Å²) in [6, 6.07) is 13.3. The molecule has 2 fully saturated rings. The molecule has 2 aliphatic heterocycles. The van der Waals surface area contributed by atoms with Crippen LogP contribution in [0.25, 0.3) is 10.9 Å². The molecule has 1 unspecified atom stereocenters. The number of imide groups is 1. The zero-order valence-electron chi connectivity index (χ0n) is 21.3. The number of nitrogens with zero attached hydrogens (tertiary/aromatic N) is 3. The maximum absolute atomic E-state index is 13.5. The van der Waals surface area contributed by atoms with Crippen LogP contribution in [0, 0.1) is 18.8 Å². The minimum Gasteiger partial charge on any atom is -0.299 e. The van der Waals surface area contributed by atoms with Gasteiger partial charge in [-0.1, -0.05) is 55.0 Å². The van der Waals surface area contributed by atoms with Gasteiger partial charge in [-0.2, -0.15) is 0 Å². The summed E-state index contributed by atoms with van der Waals surface area (Å²) >= 11 is 0. The molecule has 0 saturated carbocycles. The Balaban J connectivity index is 1.36. The minimum absolute atomic E-state index is 0.193. The fraction of sp³-hybridized carbons (Fsp3) is 0.400. The van der Waals surface area contributed by atoms with Crippen molar-refractivity contribution in [3.05, 3.63) is 75.3 Å². The first-order valence-corrected chi connectivity index (χ1v) is 13.1. The lowest BCUT2D eigenvalue weighted by Crippen LogP contribution is -2.45. The zero-order valence-corrected chi connectivity index (χ0v) is 21.3. The van der Waals surface area contributed by atoms with Gasteiger partial charge in [0.1, 0.15) is 11.9 Å². The first kappa shape index (κ1) is 24.9. The van der Waals surface area contributed by atoms with Crippen molar-refractivity contribution in [2.45, 2.75) is 64.5 Å². The normalized spacial score (nSPS) is 18.7. The molecule has 0 spiro atoms. The highest BCUT2D eigenvalue weighted by Crippen LogP contribution is 2.21. The Morgan fingerprint density at radius 1 is 0.973 bits per heavy atom. The Morgan fingerprint density at radius 2 is 1.70 bits per heavy atom. The highest BCUT2D eigenvalue weighted by molar-refractivity contribution is 5.99. The van der Waals surface area contributed by atoms with E-state index in [1.165, 1.54) is 48.9 Å². The molecule has 2 aliphatic rings. The van der Waals surface area contributed by atoms with Crippen LogP contribution in [0.5, 0.6) is 0 Å². The van der Waals surface area contributed by atoms with Gasteiger partial charge < -0.3 is 0 Å². The second-order valence-corrected chi connectivity index (χ2v) is 9.99. The number of piperidine rings is 1. The molecule has 2 amide bonds. The number of aromatic nitrogens is 2. The maximum Gasteiger partial charge on any atom is 0.263 e. The lowest BCUT2D eigenvalue weighted by molar-refractivity contribution is -0.135. The SMILES string of the molecule is Cc1nc2cccc(C#CCc3ccc(CN4CCCCCC4)cc3)c2c(=O)n1C1CCC(=O)NC1=O. The van der Waals surface area contributed by atoms with Gasteiger partial charge in [-0.05, 0) is 62.5 Å². The van der Waals surface area contributed by atoms with Gasteiger partial charge >= 0.3 is 0 Å². The zero-order chi connectivity index (χ0) is 25.8. The number of carbonyl (C=O) groups is 2. The number of fused-ring (bicyclic) bond motifs is 1. The van der Waals surface area contributed by atoms with Crippen LogP contribution in [-0.2, 0) is 22.6 Å². The lowest BCUT2D eigenvalue weighted by Gasteiger charge is -2.24. The van der Waals surface area contributed by atoms with Crippen LogP contribution < -0.4 is 10.9 Å². The van der Waals surface area contributed by atoms with Crippen LogP contribution in [0.15, 0.2) is 47.3 Å². The molecular weight excluding hydrogens is 464 g/mol. The van der Waals surface area contributed by atoms with Crippen molar-refractivity contribution in [2.24, 2.45) is 0 Å². The summed E-state index contributed by atoms with van der Waals surface area (Å²) in [6.07, 6.45) is 6.29. The average Bonchev–Trinajstić information content (AvgIpc) is 3.15. The molecule has 190 valence electrons. The summed E-state index contributed by atoms with van der Waals surface area (Å²) in [5.41, 5.74) is 3.29. The third-order valence-corrected chi connectivity index (χ3v) is 7.27. The third-order valence-electron chi connectivity index (χ3n) is 7.27. The fourth-order valence-electron chi connectivity index (χ4n) is 5.31. The predicted octanol–water partition coefficient (Wildman–Crippen LogP) is 3.65. The molecule has 1 atom stereocenters. The molecule has 1 aromatic heterocycles. The molecule has 1 N–H and O–H groups in total. The molecule has 3 aromatic rings. The van der Waals surface area contributed by atoms with E-state index in [1.54, 1.807) is 13.0 Å². The molecule has 0 radical (unpaired) electrons. The highest BCUT2D eigenvalue weighted by atomic mass is 16.2. The summed E-state index contributed by atoms with van der Waals surface area (Å²) in [7, 11) is 0. The third kappa shape index (κ3) is 5.65. The fourth-order valence-corrected chi connectivity index (χ4v) is 5.31. The Hall–Kier alpha value is -3.76. The molecule has 3 heterocycles. The van der Waals surface area contributed by atoms with Gasteiger partial charge in [0.05, 0.1) is 10.9 Å². The number of aryl methyl sites for hydroxylation is 1. The Kier molecular flexibility index (Phi) is 7.47. The average molecular weight is 497 g/mol. The number of carbonyl (C=O) groups excluding carboxylic acids is 2. The number of amides is 2. The first-order chi connectivity index (χ1) is 18.0. The number of rotatable bonds is 4. The van der Waals surface area contributed by atoms with Crippen molar-refractivity contribution < 1.29 is 9.59 Å². The molecule has 2 saturated heterocycles. The van der Waals surface area contributed by atoms with Crippen LogP contribution >= 0.6 is 0 Å². The van der Waals surface area contributed by atoms with E-state index in [0.29, 0.717) is 28.7 Å². The van der Waals surface area contributed by atoms with E-state index in [4.69, 9.17) is 0 Å². The number of likely N-dealkylation sites (tertiary alicyclic amines) is 1. The van der Waals surface area contributed by atoms with E-state index >= 15 is 0 Å². The molecule has 0 aliphatic carbocycles. The summed E-state index contributed by atoms with van der Waals surface area (Å²) in [4.78, 5) is 44.7. The van der Waals surface area contributed by atoms with Crippen molar-refractivity contribution in [2.75, 3.05) is 13.1 Å². The van der Waals surface area contributed by atoms with Gasteiger partial charge in [-0.15, -0.1) is 0 Å². The quantitative estimate of drug-likeness (QED) is 0.440. The summed E-state index contributed by atoms with van der Waals surface area (Å²) in [6.45, 7) is 5.06. The van der Waals surface area contributed by atoms with Gasteiger partial charge in [0.25, 0.3) is 5.56 Å². The number of hydrogen-bond acceptors (Lipinski definition) is 5. The summed E-state index contributed by atoms with van der Waals surface area (Å²) < 4.78 is 1.40. The first-order valence-electron chi connectivity index (χ1n) is 13.1. The molecule has 37 heavy (non-hydrogen) atoms. The van der Waals surface area contributed by atoms with Gasteiger partial charge in [0.15, 0.2) is 0 Å². The van der Waals surface area contributed by atoms with Crippen molar-refractivity contribution in [3.8, 4) is 11.8 Å². The van der Waals surface area contributed by atoms with Gasteiger partial charge in [-0.25, -0.2) is 4.98 Å². The smallest absolute Gasteiger partial charge is 0.263 e. The molecule has 5 rings (SSSR count). The van der Waals surface area contributed by atoms with E-state index in [2.05, 4.69) is 51.3 Å². The molecule has 7 heteroatoms. The van der Waals surface area contributed by atoms with Crippen LogP contribution in [-0.4, -0.2) is 39.4 Å². The highest BCUT2D eigenvalue weighted by Gasteiger charge is 2.30. The maximum atomic E-state index is 13.5. The topological polar surface area (TPSA) is 84.3 Å². The van der Waals surface area contributed by atoms with E-state index in [-0.39, 0.29) is 24.3 Å². The predicted molar refractivity (Wildman–Crippen MR) is 143 cm³/mol. The van der Waals surface area contributed by atoms with Crippen molar-refractivity contribution >= 4 is 22.7 Å². The van der Waals surface area contributed by atoms with E-state index in [0.717, 1.165) is 12.1 Å². The van der Waals surface area contributed by atoms with Crippen molar-refractivity contribution in [1.29, 1.82) is 0 Å². The molecule has 0 bridgehead atoms. The molecule has 2 aromatic carbocycles. The minimum atomic E-state index is -0.754. The number of hydrogen-bond donors (Lipinski definition) is 1. The van der Waals surface area contributed by atoms with Crippen LogP contribution in [0.3, 0.4) is 0 Å². The summed E-state index contributed by atoms with van der Waals surface area (Å²) in [5.74, 6) is 6.04. The van der Waals surface area contributed by atoms with E-state index in [1.807, 2.05) is 12.1 Å². The van der Waals surface area contributed by atoms with Crippen LogP contribution in [0.2, 0.25) is 0 Å². The molecule has 7 nitrogen and oxygen atoms in total. The van der Waals surface area contributed by atoms with Crippen LogP contribution in [0.4, 0.5) is 0 Å². The Bertz CT molecular complexity index is 1440. The number of benzene rings is 2. The standard InChI is InChI=1S/C30H32N4O3/c1-21-31-25-11-7-10-24(28(25)30(37)34(21)26-16-17-27(35)32-29(26)36)9-6-8-22-12-14-23(15-13-22)20-33-18-4-2-3-5-19-33/h7,10-15,26H,2-5,8,16-20H2,1H3,(H,32,35,36). The second kappa shape index (κ2) is 11.1. The number of nitrogens with one attached hydrogen (secondary N) is 1. The van der Waals surface area contributed by atoms with Gasteiger partial charge in [0.2, 0.25) is 11.8 Å².